The molecule has 0 saturated carbocycles. The van der Waals surface area contributed by atoms with Crippen molar-refractivity contribution < 1.29 is 14.7 Å². The molecule has 4 nitrogen and oxygen atoms in total. The summed E-state index contributed by atoms with van der Waals surface area (Å²) in [6, 6.07) is 3.39. The summed E-state index contributed by atoms with van der Waals surface area (Å²) >= 11 is 1.26. The molecule has 1 aromatic rings. The standard InChI is InChI=1S/C10H11NO3S/c1-6(10(13)14)5-7-3-4-8(15-7)9(12)11-2/h3-5H,1-2H3,(H,11,12)(H,13,14). The summed E-state index contributed by atoms with van der Waals surface area (Å²) in [5, 5.41) is 11.2. The van der Waals surface area contributed by atoms with Crippen molar-refractivity contribution in [2.75, 3.05) is 7.05 Å². The lowest BCUT2D eigenvalue weighted by Gasteiger charge is -1.92. The van der Waals surface area contributed by atoms with E-state index in [1.54, 1.807) is 25.3 Å². The quantitative estimate of drug-likeness (QED) is 0.768. The molecule has 5 heteroatoms. The first-order chi connectivity index (χ1) is 7.04. The largest absolute Gasteiger partial charge is 0.478 e. The van der Waals surface area contributed by atoms with Gasteiger partial charge in [-0.15, -0.1) is 11.3 Å². The zero-order valence-corrected chi connectivity index (χ0v) is 9.22. The topological polar surface area (TPSA) is 66.4 Å². The molecule has 0 saturated heterocycles. The average molecular weight is 225 g/mol. The van der Waals surface area contributed by atoms with Gasteiger partial charge in [-0.3, -0.25) is 4.79 Å². The smallest absolute Gasteiger partial charge is 0.331 e. The van der Waals surface area contributed by atoms with Crippen molar-refractivity contribution in [3.8, 4) is 0 Å². The van der Waals surface area contributed by atoms with Crippen molar-refractivity contribution in [3.05, 3.63) is 27.5 Å². The van der Waals surface area contributed by atoms with Gasteiger partial charge in [-0.1, -0.05) is 0 Å². The molecule has 0 bridgehead atoms. The Morgan fingerprint density at radius 1 is 1.47 bits per heavy atom. The third kappa shape index (κ3) is 2.92. The number of carboxylic acid groups (broad SMARTS) is 1. The van der Waals surface area contributed by atoms with Crippen LogP contribution >= 0.6 is 11.3 Å². The second-order valence-electron chi connectivity index (χ2n) is 2.91. The van der Waals surface area contributed by atoms with Crippen LogP contribution < -0.4 is 5.32 Å². The van der Waals surface area contributed by atoms with Crippen LogP contribution in [0.2, 0.25) is 0 Å². The summed E-state index contributed by atoms with van der Waals surface area (Å²) in [6.07, 6.45) is 1.54. The second kappa shape index (κ2) is 4.75. The first kappa shape index (κ1) is 11.5. The van der Waals surface area contributed by atoms with Crippen molar-refractivity contribution in [1.29, 1.82) is 0 Å². The lowest BCUT2D eigenvalue weighted by molar-refractivity contribution is -0.132. The molecule has 0 unspecified atom stereocenters. The maximum atomic E-state index is 11.2. The Kier molecular flexibility index (Phi) is 3.62. The zero-order valence-electron chi connectivity index (χ0n) is 8.40. The molecule has 0 aliphatic carbocycles. The number of rotatable bonds is 3. The monoisotopic (exact) mass is 225 g/mol. The molecule has 0 aliphatic rings. The minimum Gasteiger partial charge on any atom is -0.478 e. The molecule has 1 aromatic heterocycles. The van der Waals surface area contributed by atoms with E-state index in [4.69, 9.17) is 5.11 Å². The van der Waals surface area contributed by atoms with E-state index in [2.05, 4.69) is 5.32 Å². The molecular weight excluding hydrogens is 214 g/mol. The number of nitrogens with one attached hydrogen (secondary N) is 1. The Hall–Kier alpha value is -1.62. The van der Waals surface area contributed by atoms with Gasteiger partial charge in [-0.2, -0.15) is 0 Å². The predicted molar refractivity (Wildman–Crippen MR) is 59.0 cm³/mol. The summed E-state index contributed by atoms with van der Waals surface area (Å²) in [6.45, 7) is 1.52. The second-order valence-corrected chi connectivity index (χ2v) is 4.03. The molecule has 1 amide bonds. The molecule has 0 fully saturated rings. The van der Waals surface area contributed by atoms with Gasteiger partial charge in [-0.25, -0.2) is 4.79 Å². The van der Waals surface area contributed by atoms with Crippen LogP contribution in [0.5, 0.6) is 0 Å². The molecule has 2 N–H and O–H groups in total. The van der Waals surface area contributed by atoms with Gasteiger partial charge in [0, 0.05) is 17.5 Å². The minimum atomic E-state index is -0.954. The summed E-state index contributed by atoms with van der Waals surface area (Å²) in [5.41, 5.74) is 0.250. The summed E-state index contributed by atoms with van der Waals surface area (Å²) < 4.78 is 0. The number of carboxylic acids is 1. The molecule has 0 atom stereocenters. The molecule has 0 spiro atoms. The molecule has 0 aliphatic heterocycles. The normalized spacial score (nSPS) is 11.2. The van der Waals surface area contributed by atoms with Crippen molar-refractivity contribution >= 4 is 29.3 Å². The van der Waals surface area contributed by atoms with Crippen molar-refractivity contribution in [1.82, 2.24) is 5.32 Å². The Balaban J connectivity index is 2.90. The fourth-order valence-corrected chi connectivity index (χ4v) is 1.91. The third-order valence-electron chi connectivity index (χ3n) is 1.77. The number of hydrogen-bond acceptors (Lipinski definition) is 3. The highest BCUT2D eigenvalue weighted by Gasteiger charge is 2.07. The van der Waals surface area contributed by atoms with E-state index in [0.29, 0.717) is 4.88 Å². The van der Waals surface area contributed by atoms with Gasteiger partial charge in [0.1, 0.15) is 0 Å². The lowest BCUT2D eigenvalue weighted by atomic mass is 10.2. The molecule has 1 rings (SSSR count). The van der Waals surface area contributed by atoms with E-state index < -0.39 is 5.97 Å². The first-order valence-electron chi connectivity index (χ1n) is 4.28. The van der Waals surface area contributed by atoms with Crippen LogP contribution in [0.1, 0.15) is 21.5 Å². The fraction of sp³-hybridized carbons (Fsp3) is 0.200. The van der Waals surface area contributed by atoms with E-state index in [1.165, 1.54) is 18.3 Å². The van der Waals surface area contributed by atoms with Crippen LogP contribution in [0, 0.1) is 0 Å². The number of thiophene rings is 1. The summed E-state index contributed by atoms with van der Waals surface area (Å²) in [5.74, 6) is -1.11. The van der Waals surface area contributed by atoms with Crippen LogP contribution in [-0.4, -0.2) is 24.0 Å². The maximum Gasteiger partial charge on any atom is 0.331 e. The van der Waals surface area contributed by atoms with E-state index in [0.717, 1.165) is 4.88 Å². The van der Waals surface area contributed by atoms with Crippen LogP contribution in [0.4, 0.5) is 0 Å². The van der Waals surface area contributed by atoms with Gasteiger partial charge < -0.3 is 10.4 Å². The van der Waals surface area contributed by atoms with E-state index >= 15 is 0 Å². The van der Waals surface area contributed by atoms with Crippen LogP contribution in [-0.2, 0) is 4.79 Å². The zero-order chi connectivity index (χ0) is 11.4. The lowest BCUT2D eigenvalue weighted by Crippen LogP contribution is -2.15. The fourth-order valence-electron chi connectivity index (χ4n) is 0.951. The highest BCUT2D eigenvalue weighted by atomic mass is 32.1. The molecule has 15 heavy (non-hydrogen) atoms. The van der Waals surface area contributed by atoms with Gasteiger partial charge in [0.25, 0.3) is 5.91 Å². The molecule has 1 heterocycles. The molecular formula is C10H11NO3S. The van der Waals surface area contributed by atoms with Gasteiger partial charge in [0.2, 0.25) is 0 Å². The highest BCUT2D eigenvalue weighted by molar-refractivity contribution is 7.14. The molecule has 80 valence electrons. The Morgan fingerprint density at radius 3 is 2.67 bits per heavy atom. The SMILES string of the molecule is CNC(=O)c1ccc(C=C(C)C(=O)O)s1. The number of aliphatic carboxylic acids is 1. The number of carbonyl (C=O) groups is 2. The summed E-state index contributed by atoms with van der Waals surface area (Å²) in [4.78, 5) is 23.1. The van der Waals surface area contributed by atoms with E-state index in [1.807, 2.05) is 0 Å². The number of hydrogen-bond donors (Lipinski definition) is 2. The number of carbonyl (C=O) groups excluding carboxylic acids is 1. The average Bonchev–Trinajstić information content (AvgIpc) is 2.65. The van der Waals surface area contributed by atoms with Crippen LogP contribution in [0.15, 0.2) is 17.7 Å². The molecule has 0 radical (unpaired) electrons. The number of amides is 1. The minimum absolute atomic E-state index is 0.160. The highest BCUT2D eigenvalue weighted by Crippen LogP contribution is 2.19. The maximum absolute atomic E-state index is 11.2. The molecule has 0 aromatic carbocycles. The first-order valence-corrected chi connectivity index (χ1v) is 5.09. The van der Waals surface area contributed by atoms with Gasteiger partial charge in [0.05, 0.1) is 4.88 Å². The van der Waals surface area contributed by atoms with Crippen molar-refractivity contribution in [3.63, 3.8) is 0 Å². The summed E-state index contributed by atoms with van der Waals surface area (Å²) in [7, 11) is 1.56. The van der Waals surface area contributed by atoms with Crippen LogP contribution in [0.3, 0.4) is 0 Å². The Morgan fingerprint density at radius 2 is 2.13 bits per heavy atom. The Labute approximate surface area is 91.2 Å². The van der Waals surface area contributed by atoms with Crippen molar-refractivity contribution in [2.24, 2.45) is 0 Å². The van der Waals surface area contributed by atoms with E-state index in [-0.39, 0.29) is 11.5 Å². The van der Waals surface area contributed by atoms with Gasteiger partial charge in [-0.05, 0) is 25.1 Å². The van der Waals surface area contributed by atoms with Gasteiger partial charge in [0.15, 0.2) is 0 Å². The van der Waals surface area contributed by atoms with Gasteiger partial charge >= 0.3 is 5.97 Å². The van der Waals surface area contributed by atoms with Crippen molar-refractivity contribution in [2.45, 2.75) is 6.92 Å². The Bertz CT molecular complexity index is 420. The predicted octanol–water partition coefficient (Wildman–Crippen LogP) is 1.60. The van der Waals surface area contributed by atoms with E-state index in [9.17, 15) is 9.59 Å². The third-order valence-corrected chi connectivity index (χ3v) is 2.80. The van der Waals surface area contributed by atoms with Crippen LogP contribution in [0.25, 0.3) is 6.08 Å².